The molecule has 2 N–H and O–H groups in total. The molecule has 0 saturated carbocycles. The number of alkyl halides is 3. The van der Waals surface area contributed by atoms with Crippen molar-refractivity contribution < 1.29 is 13.2 Å². The zero-order chi connectivity index (χ0) is 13.2. The molecule has 0 amide bonds. The van der Waals surface area contributed by atoms with Crippen molar-refractivity contribution in [2.75, 3.05) is 5.73 Å². The first-order valence-corrected chi connectivity index (χ1v) is 5.32. The van der Waals surface area contributed by atoms with Crippen LogP contribution in [0, 0.1) is 0 Å². The summed E-state index contributed by atoms with van der Waals surface area (Å²) in [6.45, 7) is 0. The van der Waals surface area contributed by atoms with Crippen molar-refractivity contribution in [3.63, 3.8) is 0 Å². The van der Waals surface area contributed by atoms with Crippen LogP contribution in [0.2, 0.25) is 0 Å². The van der Waals surface area contributed by atoms with Crippen LogP contribution in [0.25, 0.3) is 0 Å². The number of hydrogen-bond acceptors (Lipinski definition) is 2. The minimum Gasteiger partial charge on any atom is -0.399 e. The molecule has 2 nitrogen and oxygen atoms in total. The van der Waals surface area contributed by atoms with Crippen LogP contribution in [0.1, 0.15) is 16.8 Å². The molecule has 0 fully saturated rings. The van der Waals surface area contributed by atoms with Crippen molar-refractivity contribution in [2.45, 2.75) is 12.6 Å². The van der Waals surface area contributed by atoms with Crippen LogP contribution in [0.5, 0.6) is 0 Å². The van der Waals surface area contributed by atoms with Crippen LogP contribution < -0.4 is 5.73 Å². The maximum Gasteiger partial charge on any atom is 0.416 e. The van der Waals surface area contributed by atoms with Crippen molar-refractivity contribution in [3.05, 3.63) is 59.4 Å². The molecule has 1 heterocycles. The van der Waals surface area contributed by atoms with Gasteiger partial charge in [-0.05, 0) is 29.8 Å². The van der Waals surface area contributed by atoms with Gasteiger partial charge in [-0.25, -0.2) is 0 Å². The van der Waals surface area contributed by atoms with Crippen LogP contribution in [0.15, 0.2) is 42.6 Å². The molecule has 0 bridgehead atoms. The maximum absolute atomic E-state index is 12.4. The van der Waals surface area contributed by atoms with Crippen molar-refractivity contribution in [2.24, 2.45) is 0 Å². The molecule has 0 spiro atoms. The van der Waals surface area contributed by atoms with Gasteiger partial charge in [-0.15, -0.1) is 0 Å². The van der Waals surface area contributed by atoms with Crippen LogP contribution in [0.4, 0.5) is 18.9 Å². The zero-order valence-corrected chi connectivity index (χ0v) is 9.41. The van der Waals surface area contributed by atoms with Crippen LogP contribution in [-0.4, -0.2) is 4.98 Å². The molecular formula is C13H11F3N2. The molecular weight excluding hydrogens is 241 g/mol. The first kappa shape index (κ1) is 12.4. The third-order valence-corrected chi connectivity index (χ3v) is 2.51. The highest BCUT2D eigenvalue weighted by molar-refractivity contribution is 5.39. The molecule has 2 aromatic rings. The number of nitrogen functional groups attached to an aromatic ring is 1. The van der Waals surface area contributed by atoms with Gasteiger partial charge >= 0.3 is 6.18 Å². The Labute approximate surface area is 102 Å². The zero-order valence-electron chi connectivity index (χ0n) is 9.41. The molecule has 1 aromatic carbocycles. The molecule has 0 aliphatic rings. The number of anilines is 1. The molecule has 18 heavy (non-hydrogen) atoms. The average molecular weight is 252 g/mol. The van der Waals surface area contributed by atoms with Crippen molar-refractivity contribution in [1.82, 2.24) is 4.98 Å². The molecule has 0 unspecified atom stereocenters. The van der Waals surface area contributed by atoms with E-state index in [1.807, 2.05) is 0 Å². The van der Waals surface area contributed by atoms with E-state index in [1.54, 1.807) is 18.3 Å². The Bertz CT molecular complexity index is 533. The fraction of sp³-hybridized carbons (Fsp3) is 0.154. The summed E-state index contributed by atoms with van der Waals surface area (Å²) in [5, 5.41) is 0. The van der Waals surface area contributed by atoms with Crippen molar-refractivity contribution >= 4 is 5.69 Å². The minimum atomic E-state index is -4.30. The maximum atomic E-state index is 12.4. The lowest BCUT2D eigenvalue weighted by Gasteiger charge is -2.07. The van der Waals surface area contributed by atoms with Gasteiger partial charge in [0.05, 0.1) is 5.56 Å². The van der Waals surface area contributed by atoms with Gasteiger partial charge in [0.15, 0.2) is 0 Å². The van der Waals surface area contributed by atoms with E-state index < -0.39 is 11.7 Å². The number of nitrogens with zero attached hydrogens (tertiary/aromatic N) is 1. The molecule has 0 aliphatic heterocycles. The standard InChI is InChI=1S/C13H11F3N2/c14-13(15,16)10-3-1-9(2-4-10)7-12-8-11(17)5-6-18-12/h1-6,8H,7H2,(H2,17,18). The fourth-order valence-electron chi connectivity index (χ4n) is 1.61. The topological polar surface area (TPSA) is 38.9 Å². The molecule has 1 aromatic heterocycles. The van der Waals surface area contributed by atoms with E-state index in [0.29, 0.717) is 12.1 Å². The first-order valence-electron chi connectivity index (χ1n) is 5.32. The second-order valence-electron chi connectivity index (χ2n) is 3.95. The predicted octanol–water partition coefficient (Wildman–Crippen LogP) is 3.27. The third-order valence-electron chi connectivity index (χ3n) is 2.51. The van der Waals surface area contributed by atoms with Gasteiger partial charge in [-0.3, -0.25) is 4.98 Å². The second-order valence-corrected chi connectivity index (χ2v) is 3.95. The van der Waals surface area contributed by atoms with Gasteiger partial charge in [-0.2, -0.15) is 13.2 Å². The summed E-state index contributed by atoms with van der Waals surface area (Å²) in [7, 11) is 0. The highest BCUT2D eigenvalue weighted by Gasteiger charge is 2.29. The lowest BCUT2D eigenvalue weighted by molar-refractivity contribution is -0.137. The SMILES string of the molecule is Nc1ccnc(Cc2ccc(C(F)(F)F)cc2)c1. The van der Waals surface area contributed by atoms with E-state index in [-0.39, 0.29) is 0 Å². The van der Waals surface area contributed by atoms with Crippen LogP contribution in [0.3, 0.4) is 0 Å². The summed E-state index contributed by atoms with van der Waals surface area (Å²) in [5.41, 5.74) is 7.04. The van der Waals surface area contributed by atoms with Crippen LogP contribution >= 0.6 is 0 Å². The lowest BCUT2D eigenvalue weighted by Crippen LogP contribution is -2.04. The second kappa shape index (κ2) is 4.68. The van der Waals surface area contributed by atoms with Crippen molar-refractivity contribution in [3.8, 4) is 0 Å². The van der Waals surface area contributed by atoms with Crippen LogP contribution in [-0.2, 0) is 12.6 Å². The largest absolute Gasteiger partial charge is 0.416 e. The smallest absolute Gasteiger partial charge is 0.399 e. The highest BCUT2D eigenvalue weighted by Crippen LogP contribution is 2.29. The lowest BCUT2D eigenvalue weighted by atomic mass is 10.1. The van der Waals surface area contributed by atoms with E-state index in [1.165, 1.54) is 12.1 Å². The van der Waals surface area contributed by atoms with E-state index in [0.717, 1.165) is 23.4 Å². The Morgan fingerprint density at radius 2 is 1.72 bits per heavy atom. The Morgan fingerprint density at radius 3 is 2.28 bits per heavy atom. The monoisotopic (exact) mass is 252 g/mol. The molecule has 0 saturated heterocycles. The van der Waals surface area contributed by atoms with Gasteiger partial charge < -0.3 is 5.73 Å². The number of hydrogen-bond donors (Lipinski definition) is 1. The Hall–Kier alpha value is -2.04. The van der Waals surface area contributed by atoms with Gasteiger partial charge in [0.25, 0.3) is 0 Å². The number of rotatable bonds is 2. The number of benzene rings is 1. The van der Waals surface area contributed by atoms with E-state index in [4.69, 9.17) is 5.73 Å². The van der Waals surface area contributed by atoms with Gasteiger partial charge in [0, 0.05) is 24.0 Å². The van der Waals surface area contributed by atoms with E-state index in [9.17, 15) is 13.2 Å². The molecule has 2 rings (SSSR count). The summed E-state index contributed by atoms with van der Waals surface area (Å²) in [5.74, 6) is 0. The Morgan fingerprint density at radius 1 is 1.06 bits per heavy atom. The molecule has 0 atom stereocenters. The quantitative estimate of drug-likeness (QED) is 0.890. The third kappa shape index (κ3) is 3.00. The summed E-state index contributed by atoms with van der Waals surface area (Å²) >= 11 is 0. The minimum absolute atomic E-state index is 0.461. The Kier molecular flexibility index (Phi) is 3.23. The van der Waals surface area contributed by atoms with Crippen molar-refractivity contribution in [1.29, 1.82) is 0 Å². The molecule has 0 aliphatic carbocycles. The summed E-state index contributed by atoms with van der Waals surface area (Å²) < 4.78 is 37.1. The normalized spacial score (nSPS) is 11.5. The number of pyridine rings is 1. The average Bonchev–Trinajstić information content (AvgIpc) is 2.28. The van der Waals surface area contributed by atoms with E-state index in [2.05, 4.69) is 4.98 Å². The van der Waals surface area contributed by atoms with Gasteiger partial charge in [0.1, 0.15) is 0 Å². The van der Waals surface area contributed by atoms with Gasteiger partial charge in [-0.1, -0.05) is 12.1 Å². The molecule has 5 heteroatoms. The highest BCUT2D eigenvalue weighted by atomic mass is 19.4. The first-order chi connectivity index (χ1) is 8.45. The van der Waals surface area contributed by atoms with Gasteiger partial charge in [0.2, 0.25) is 0 Å². The fourth-order valence-corrected chi connectivity index (χ4v) is 1.61. The number of aromatic nitrogens is 1. The summed E-state index contributed by atoms with van der Waals surface area (Å²) in [6, 6.07) is 8.42. The predicted molar refractivity (Wildman–Crippen MR) is 62.9 cm³/mol. The molecule has 94 valence electrons. The molecule has 0 radical (unpaired) electrons. The Balaban J connectivity index is 2.16. The van der Waals surface area contributed by atoms with E-state index >= 15 is 0 Å². The number of halogens is 3. The summed E-state index contributed by atoms with van der Waals surface area (Å²) in [6.07, 6.45) is -2.26. The summed E-state index contributed by atoms with van der Waals surface area (Å²) in [4.78, 5) is 4.10. The number of nitrogens with two attached hydrogens (primary N) is 1.